The van der Waals surface area contributed by atoms with Crippen LogP contribution in [0.15, 0.2) is 40.8 Å². The van der Waals surface area contributed by atoms with Gasteiger partial charge in [-0.3, -0.25) is 0 Å². The van der Waals surface area contributed by atoms with E-state index >= 15 is 0 Å². The minimum Gasteiger partial charge on any atom is -0.493 e. The van der Waals surface area contributed by atoms with E-state index in [-0.39, 0.29) is 6.79 Å². The lowest BCUT2D eigenvalue weighted by Crippen LogP contribution is -1.92. The zero-order valence-corrected chi connectivity index (χ0v) is 13.1. The molecule has 0 saturated heterocycles. The summed E-state index contributed by atoms with van der Waals surface area (Å²) in [6.45, 7) is 0.222. The predicted octanol–water partition coefficient (Wildman–Crippen LogP) is 3.15. The van der Waals surface area contributed by atoms with Crippen LogP contribution in [-0.4, -0.2) is 31.2 Å². The minimum absolute atomic E-state index is 0.222. The molecule has 2 heterocycles. The van der Waals surface area contributed by atoms with Gasteiger partial charge in [0.1, 0.15) is 0 Å². The molecule has 0 amide bonds. The number of rotatable bonds is 4. The number of ether oxygens (including phenoxy) is 4. The molecule has 0 N–H and O–H groups in total. The van der Waals surface area contributed by atoms with Crippen LogP contribution in [0.5, 0.6) is 23.0 Å². The van der Waals surface area contributed by atoms with Crippen molar-refractivity contribution in [3.05, 3.63) is 36.4 Å². The van der Waals surface area contributed by atoms with E-state index in [0.29, 0.717) is 34.8 Å². The number of methoxy groups -OCH3 is 2. The molecular weight excluding hydrogens is 312 g/mol. The summed E-state index contributed by atoms with van der Waals surface area (Å²) in [5.74, 6) is 3.40. The van der Waals surface area contributed by atoms with Crippen molar-refractivity contribution in [3.8, 4) is 45.9 Å². The molecule has 0 bridgehead atoms. The molecule has 0 spiro atoms. The van der Waals surface area contributed by atoms with Crippen molar-refractivity contribution in [3.63, 3.8) is 0 Å². The highest BCUT2D eigenvalue weighted by Gasteiger charge is 2.17. The minimum atomic E-state index is 0.222. The van der Waals surface area contributed by atoms with E-state index in [0.717, 1.165) is 11.1 Å². The Morgan fingerprint density at radius 3 is 2.21 bits per heavy atom. The molecule has 1 aliphatic heterocycles. The summed E-state index contributed by atoms with van der Waals surface area (Å²) < 4.78 is 27.0. The monoisotopic (exact) mass is 326 g/mol. The van der Waals surface area contributed by atoms with E-state index in [1.54, 1.807) is 26.4 Å². The Balaban J connectivity index is 1.68. The van der Waals surface area contributed by atoms with E-state index in [4.69, 9.17) is 23.4 Å². The number of aromatic nitrogens is 2. The number of benzene rings is 2. The van der Waals surface area contributed by atoms with Crippen LogP contribution in [0.1, 0.15) is 0 Å². The maximum absolute atomic E-state index is 5.77. The van der Waals surface area contributed by atoms with Gasteiger partial charge in [0.25, 0.3) is 0 Å². The molecule has 24 heavy (non-hydrogen) atoms. The summed E-state index contributed by atoms with van der Waals surface area (Å²) in [5.41, 5.74) is 1.51. The van der Waals surface area contributed by atoms with Gasteiger partial charge in [-0.1, -0.05) is 0 Å². The van der Waals surface area contributed by atoms with Crippen molar-refractivity contribution in [1.82, 2.24) is 10.2 Å². The van der Waals surface area contributed by atoms with Crippen molar-refractivity contribution < 1.29 is 23.4 Å². The van der Waals surface area contributed by atoms with Crippen LogP contribution in [0.25, 0.3) is 22.9 Å². The van der Waals surface area contributed by atoms with Crippen LogP contribution in [0, 0.1) is 0 Å². The lowest BCUT2D eigenvalue weighted by molar-refractivity contribution is 0.174. The van der Waals surface area contributed by atoms with E-state index < -0.39 is 0 Å². The third-order valence-electron chi connectivity index (χ3n) is 3.68. The lowest BCUT2D eigenvalue weighted by atomic mass is 10.2. The molecule has 2 aromatic carbocycles. The molecule has 7 nitrogen and oxygen atoms in total. The van der Waals surface area contributed by atoms with Gasteiger partial charge in [0.05, 0.1) is 14.2 Å². The molecule has 122 valence electrons. The maximum Gasteiger partial charge on any atom is 0.248 e. The quantitative estimate of drug-likeness (QED) is 0.729. The smallest absolute Gasteiger partial charge is 0.248 e. The molecule has 0 saturated carbocycles. The van der Waals surface area contributed by atoms with Gasteiger partial charge in [0.15, 0.2) is 23.0 Å². The Kier molecular flexibility index (Phi) is 3.45. The van der Waals surface area contributed by atoms with E-state index in [9.17, 15) is 0 Å². The first-order chi connectivity index (χ1) is 11.8. The van der Waals surface area contributed by atoms with Gasteiger partial charge in [0, 0.05) is 11.1 Å². The summed E-state index contributed by atoms with van der Waals surface area (Å²) in [6.07, 6.45) is 0. The molecule has 1 aromatic heterocycles. The van der Waals surface area contributed by atoms with Gasteiger partial charge in [-0.15, -0.1) is 10.2 Å². The highest BCUT2D eigenvalue weighted by molar-refractivity contribution is 5.64. The van der Waals surface area contributed by atoms with Crippen LogP contribution in [-0.2, 0) is 0 Å². The summed E-state index contributed by atoms with van der Waals surface area (Å²) in [7, 11) is 3.16. The fourth-order valence-corrected chi connectivity index (χ4v) is 2.46. The van der Waals surface area contributed by atoms with E-state index in [2.05, 4.69) is 10.2 Å². The normalized spacial score (nSPS) is 12.2. The second kappa shape index (κ2) is 5.77. The fraction of sp³-hybridized carbons (Fsp3) is 0.176. The van der Waals surface area contributed by atoms with Gasteiger partial charge in [-0.05, 0) is 36.4 Å². The van der Waals surface area contributed by atoms with Gasteiger partial charge in [0.2, 0.25) is 18.6 Å². The average molecular weight is 326 g/mol. The van der Waals surface area contributed by atoms with E-state index in [1.807, 2.05) is 24.3 Å². The topological polar surface area (TPSA) is 75.8 Å². The van der Waals surface area contributed by atoms with Crippen molar-refractivity contribution >= 4 is 0 Å². The zero-order chi connectivity index (χ0) is 16.5. The Morgan fingerprint density at radius 2 is 1.46 bits per heavy atom. The van der Waals surface area contributed by atoms with Crippen LogP contribution >= 0.6 is 0 Å². The number of hydrogen-bond donors (Lipinski definition) is 0. The summed E-state index contributed by atoms with van der Waals surface area (Å²) in [6, 6.07) is 10.9. The lowest BCUT2D eigenvalue weighted by Gasteiger charge is -2.07. The molecule has 7 heteroatoms. The molecule has 0 fully saturated rings. The second-order valence-corrected chi connectivity index (χ2v) is 5.05. The highest BCUT2D eigenvalue weighted by Crippen LogP contribution is 2.37. The third kappa shape index (κ3) is 2.40. The van der Waals surface area contributed by atoms with Crippen molar-refractivity contribution in [2.45, 2.75) is 0 Å². The Labute approximate surface area is 137 Å². The highest BCUT2D eigenvalue weighted by atomic mass is 16.7. The van der Waals surface area contributed by atoms with Crippen LogP contribution in [0.2, 0.25) is 0 Å². The first kappa shape index (κ1) is 14.4. The molecule has 0 atom stereocenters. The first-order valence-corrected chi connectivity index (χ1v) is 7.24. The molecule has 0 unspecified atom stereocenters. The maximum atomic E-state index is 5.77. The molecule has 3 aromatic rings. The van der Waals surface area contributed by atoms with Crippen molar-refractivity contribution in [2.24, 2.45) is 0 Å². The molecular formula is C17H14N2O5. The zero-order valence-electron chi connectivity index (χ0n) is 13.1. The standard InChI is InChI=1S/C17H14N2O5/c1-20-12-5-3-10(7-14(12)21-2)16-18-19-17(24-16)11-4-6-13-15(8-11)23-9-22-13/h3-8H,9H2,1-2H3. The van der Waals surface area contributed by atoms with Crippen molar-refractivity contribution in [2.75, 3.05) is 21.0 Å². The van der Waals surface area contributed by atoms with Crippen LogP contribution in [0.3, 0.4) is 0 Å². The average Bonchev–Trinajstić information content (AvgIpc) is 3.29. The summed E-state index contributed by atoms with van der Waals surface area (Å²) in [5, 5.41) is 8.20. The van der Waals surface area contributed by atoms with E-state index in [1.165, 1.54) is 0 Å². The fourth-order valence-electron chi connectivity index (χ4n) is 2.46. The SMILES string of the molecule is COc1ccc(-c2nnc(-c3ccc4c(c3)OCO4)o2)cc1OC. The van der Waals surface area contributed by atoms with Gasteiger partial charge in [-0.2, -0.15) is 0 Å². The predicted molar refractivity (Wildman–Crippen MR) is 84.4 cm³/mol. The largest absolute Gasteiger partial charge is 0.493 e. The third-order valence-corrected chi connectivity index (χ3v) is 3.68. The molecule has 0 aliphatic carbocycles. The molecule has 0 radical (unpaired) electrons. The Morgan fingerprint density at radius 1 is 0.792 bits per heavy atom. The molecule has 4 rings (SSSR count). The Bertz CT molecular complexity index is 890. The molecule has 1 aliphatic rings. The van der Waals surface area contributed by atoms with Gasteiger partial charge < -0.3 is 23.4 Å². The number of fused-ring (bicyclic) bond motifs is 1. The number of hydrogen-bond acceptors (Lipinski definition) is 7. The summed E-state index contributed by atoms with van der Waals surface area (Å²) in [4.78, 5) is 0. The number of nitrogens with zero attached hydrogens (tertiary/aromatic N) is 2. The van der Waals surface area contributed by atoms with Gasteiger partial charge in [-0.25, -0.2) is 0 Å². The first-order valence-electron chi connectivity index (χ1n) is 7.24. The van der Waals surface area contributed by atoms with Crippen molar-refractivity contribution in [1.29, 1.82) is 0 Å². The van der Waals surface area contributed by atoms with Crippen LogP contribution in [0.4, 0.5) is 0 Å². The van der Waals surface area contributed by atoms with Gasteiger partial charge >= 0.3 is 0 Å². The second-order valence-electron chi connectivity index (χ2n) is 5.05. The summed E-state index contributed by atoms with van der Waals surface area (Å²) >= 11 is 0. The van der Waals surface area contributed by atoms with Crippen LogP contribution < -0.4 is 18.9 Å². The Hall–Kier alpha value is -3.22.